The third kappa shape index (κ3) is 22.9. The van der Waals surface area contributed by atoms with Crippen molar-refractivity contribution in [1.29, 1.82) is 0 Å². The van der Waals surface area contributed by atoms with Crippen molar-refractivity contribution in [2.75, 3.05) is 17.3 Å². The van der Waals surface area contributed by atoms with Crippen LogP contribution in [0.3, 0.4) is 0 Å². The molecule has 0 rings (SSSR count). The number of hydrogen-bond donors (Lipinski definition) is 0. The van der Waals surface area contributed by atoms with Crippen molar-refractivity contribution < 1.29 is 0 Å². The highest BCUT2D eigenvalue weighted by atomic mass is 36.2. The molecule has 172 valence electrons. The molecule has 0 spiro atoms. The van der Waals surface area contributed by atoms with Crippen LogP contribution in [-0.4, -0.2) is 23.3 Å². The summed E-state index contributed by atoms with van der Waals surface area (Å²) in [5, 5.41) is 0. The van der Waals surface area contributed by atoms with Gasteiger partial charge in [-0.25, -0.2) is 0 Å². The highest BCUT2D eigenvalue weighted by molar-refractivity contribution is 9.26. The van der Waals surface area contributed by atoms with Crippen LogP contribution in [0, 0.1) is 11.8 Å². The highest BCUT2D eigenvalue weighted by Gasteiger charge is 2.28. The Bertz CT molecular complexity index is 336. The molecule has 2 atom stereocenters. The van der Waals surface area contributed by atoms with Gasteiger partial charge in [0.05, 0.1) is 0 Å². The Balaban J connectivity index is 3.46. The maximum atomic E-state index is 6.04. The van der Waals surface area contributed by atoms with Crippen LogP contribution < -0.4 is 0 Å². The van der Waals surface area contributed by atoms with Crippen LogP contribution in [0.1, 0.15) is 65.2 Å². The van der Waals surface area contributed by atoms with E-state index in [9.17, 15) is 0 Å². The zero-order valence-electron chi connectivity index (χ0n) is 16.4. The molecule has 0 aromatic rings. The Morgan fingerprint density at radius 3 is 1.61 bits per heavy atom. The van der Waals surface area contributed by atoms with Crippen LogP contribution in [-0.2, 0) is 0 Å². The molecule has 0 saturated heterocycles. The summed E-state index contributed by atoms with van der Waals surface area (Å²) in [7, 11) is 23.7. The molecule has 28 heavy (non-hydrogen) atoms. The van der Waals surface area contributed by atoms with Gasteiger partial charge in [0.15, 0.2) is 0 Å². The fraction of sp³-hybridized carbons (Fsp3) is 1.00. The lowest BCUT2D eigenvalue weighted by atomic mass is 10.0. The molecule has 0 aliphatic rings. The van der Waals surface area contributed by atoms with Crippen LogP contribution in [0.4, 0.5) is 0 Å². The number of rotatable bonds is 19. The van der Waals surface area contributed by atoms with Gasteiger partial charge in [-0.15, -0.1) is 33.2 Å². The van der Waals surface area contributed by atoms with E-state index in [2.05, 4.69) is 13.8 Å². The van der Waals surface area contributed by atoms with E-state index in [0.717, 1.165) is 24.6 Å². The predicted octanol–water partition coefficient (Wildman–Crippen LogP) is 12.0. The maximum absolute atomic E-state index is 6.04. The summed E-state index contributed by atoms with van der Waals surface area (Å²) < 4.78 is 0. The summed E-state index contributed by atoms with van der Waals surface area (Å²) >= 11 is 18.1. The molecule has 0 aromatic heterocycles. The molecule has 0 fully saturated rings. The van der Waals surface area contributed by atoms with Gasteiger partial charge in [-0.2, -0.15) is 0 Å². The van der Waals surface area contributed by atoms with Gasteiger partial charge in [-0.1, -0.05) is 67.5 Å². The second-order valence-corrected chi connectivity index (χ2v) is 29.7. The van der Waals surface area contributed by atoms with E-state index in [4.69, 9.17) is 65.3 Å². The topological polar surface area (TPSA) is 0 Å². The van der Waals surface area contributed by atoms with Gasteiger partial charge in [0.1, 0.15) is 0 Å². The molecule has 0 heterocycles. The van der Waals surface area contributed by atoms with Gasteiger partial charge in [0.25, 0.3) is 0 Å². The minimum atomic E-state index is -2.48. The lowest BCUT2D eigenvalue weighted by molar-refractivity contribution is 0.491. The van der Waals surface area contributed by atoms with Gasteiger partial charge >= 0.3 is 6.00 Å². The van der Waals surface area contributed by atoms with Crippen LogP contribution in [0.5, 0.6) is 0 Å². The van der Waals surface area contributed by atoms with E-state index in [1.54, 1.807) is 0 Å². The lowest BCUT2D eigenvalue weighted by Crippen LogP contribution is -2.15. The van der Waals surface area contributed by atoms with Crippen LogP contribution in [0.2, 0.25) is 6.04 Å². The highest BCUT2D eigenvalue weighted by Crippen LogP contribution is 2.64. The zero-order chi connectivity index (χ0) is 21.5. The minimum Gasteiger partial charge on any atom is -0.126 e. The number of unbranched alkanes of at least 4 members (excludes halogenated alkanes) is 2. The molecule has 0 nitrogen and oxygen atoms in total. The normalized spacial score (nSPS) is 15.6. The Hall–Kier alpha value is 3.71. The summed E-state index contributed by atoms with van der Waals surface area (Å²) in [6.45, 7) is 4.38. The Morgan fingerprint density at radius 1 is 0.750 bits per heavy atom. The summed E-state index contributed by atoms with van der Waals surface area (Å²) in [5.41, 5.74) is 0. The second-order valence-electron chi connectivity index (χ2n) is 6.81. The first-order valence-corrected chi connectivity index (χ1v) is 24.3. The fourth-order valence-corrected chi connectivity index (χ4v) is 14.7. The van der Waals surface area contributed by atoms with E-state index >= 15 is 0 Å². The summed E-state index contributed by atoms with van der Waals surface area (Å²) in [6, 6.07) is -1.68. The van der Waals surface area contributed by atoms with E-state index in [-0.39, 0.29) is 0 Å². The molecular weight excluding hydrogens is 593 g/mol. The quantitative estimate of drug-likeness (QED) is 0.0606. The Morgan fingerprint density at radius 2 is 1.21 bits per heavy atom. The van der Waals surface area contributed by atoms with Crippen molar-refractivity contribution in [1.82, 2.24) is 0 Å². The first-order chi connectivity index (χ1) is 13.1. The largest absolute Gasteiger partial charge is 0.341 e. The molecule has 0 aromatic carbocycles. The summed E-state index contributed by atoms with van der Waals surface area (Å²) in [6.07, 6.45) is 9.49. The Kier molecular flexibility index (Phi) is 21.6. The molecular formula is C16H32Cl6S5Si. The van der Waals surface area contributed by atoms with Crippen molar-refractivity contribution in [2.24, 2.45) is 11.8 Å². The molecule has 0 N–H and O–H groups in total. The van der Waals surface area contributed by atoms with Gasteiger partial charge in [0, 0.05) is 17.3 Å². The van der Waals surface area contributed by atoms with Crippen molar-refractivity contribution >= 4 is 120 Å². The van der Waals surface area contributed by atoms with Crippen LogP contribution >= 0.6 is 114 Å². The smallest absolute Gasteiger partial charge is 0.126 e. The molecule has 0 aliphatic carbocycles. The average molecular weight is 626 g/mol. The maximum Gasteiger partial charge on any atom is 0.341 e. The first-order valence-electron chi connectivity index (χ1n) is 9.61. The van der Waals surface area contributed by atoms with Crippen molar-refractivity contribution in [3.8, 4) is 0 Å². The summed E-state index contributed by atoms with van der Waals surface area (Å²) in [5.74, 6) is 4.25. The van der Waals surface area contributed by atoms with E-state index in [1.807, 2.05) is 41.2 Å². The second kappa shape index (κ2) is 19.1. The van der Waals surface area contributed by atoms with E-state index < -0.39 is 13.7 Å². The molecule has 0 saturated carbocycles. The molecule has 0 bridgehead atoms. The zero-order valence-corrected chi connectivity index (χ0v) is 26.1. The van der Waals surface area contributed by atoms with Crippen LogP contribution in [0.25, 0.3) is 0 Å². The lowest BCUT2D eigenvalue weighted by Gasteiger charge is -2.22. The third-order valence-electron chi connectivity index (χ3n) is 4.40. The average Bonchev–Trinajstić information content (AvgIpc) is 2.58. The van der Waals surface area contributed by atoms with Gasteiger partial charge < -0.3 is 0 Å². The molecule has 0 aliphatic heterocycles. The van der Waals surface area contributed by atoms with Gasteiger partial charge in [-0.3, -0.25) is 0 Å². The molecule has 0 amide bonds. The first kappa shape index (κ1) is 31.7. The number of hydrogen-bond acceptors (Lipinski definition) is 4. The van der Waals surface area contributed by atoms with Crippen molar-refractivity contribution in [3.05, 3.63) is 0 Å². The van der Waals surface area contributed by atoms with Crippen LogP contribution in [0.15, 0.2) is 0 Å². The predicted molar refractivity (Wildman–Crippen MR) is 153 cm³/mol. The Labute approximate surface area is 218 Å². The number of halogens is 6. The standard InChI is InChI=1S/C16H32Cl6S5Si/c1-3-15(13-27(17,18)19)9-5-7-11-23-25-26-24-12-8-6-10-16(4-2)14-28(20,21)22/h15-16H,3-14H2,1-2H3. The minimum absolute atomic E-state index is 0.550. The summed E-state index contributed by atoms with van der Waals surface area (Å²) in [4.78, 5) is 0. The monoisotopic (exact) mass is 622 g/mol. The van der Waals surface area contributed by atoms with Gasteiger partial charge in [0.2, 0.25) is 0 Å². The SMILES string of the molecule is CCC(CCCCSSSSCCCCC(CC)CS(Cl)(Cl)Cl)C[Si](Cl)(Cl)Cl. The molecule has 0 radical (unpaired) electrons. The fourth-order valence-electron chi connectivity index (χ4n) is 2.75. The molecule has 12 heteroatoms. The van der Waals surface area contributed by atoms with E-state index in [0.29, 0.717) is 11.8 Å². The third-order valence-corrected chi connectivity index (χ3v) is 15.5. The van der Waals surface area contributed by atoms with E-state index in [1.165, 1.54) is 50.0 Å². The van der Waals surface area contributed by atoms with Gasteiger partial charge in [-0.05, 0) is 96.5 Å². The van der Waals surface area contributed by atoms with Crippen molar-refractivity contribution in [2.45, 2.75) is 71.3 Å². The molecule has 2 unspecified atom stereocenters. The van der Waals surface area contributed by atoms with Crippen molar-refractivity contribution in [3.63, 3.8) is 0 Å².